The largest absolute Gasteiger partial charge is 0.326 e. The molecule has 1 aliphatic heterocycles. The van der Waals surface area contributed by atoms with Gasteiger partial charge in [-0.3, -0.25) is 0 Å². The van der Waals surface area contributed by atoms with Gasteiger partial charge in [0, 0.05) is 25.0 Å². The van der Waals surface area contributed by atoms with E-state index >= 15 is 0 Å². The summed E-state index contributed by atoms with van der Waals surface area (Å²) >= 11 is 0. The second-order valence-electron chi connectivity index (χ2n) is 4.41. The van der Waals surface area contributed by atoms with E-state index in [0.717, 1.165) is 13.1 Å². The highest BCUT2D eigenvalue weighted by Crippen LogP contribution is 2.25. The summed E-state index contributed by atoms with van der Waals surface area (Å²) in [4.78, 5) is 2.30. The first-order valence-electron chi connectivity index (χ1n) is 5.17. The van der Waals surface area contributed by atoms with Gasteiger partial charge in [0.05, 0.1) is 0 Å². The quantitative estimate of drug-likeness (QED) is 0.724. The Balaban J connectivity index is 2.23. The number of hydrogen-bond donors (Lipinski definition) is 1. The molecule has 1 fully saturated rings. The average Bonchev–Trinajstić information content (AvgIpc) is 2.45. The molecule has 1 saturated heterocycles. The van der Waals surface area contributed by atoms with Gasteiger partial charge in [0.2, 0.25) is 0 Å². The minimum absolute atomic E-state index is 0.293. The first kappa shape index (κ1) is 9.69. The monoisotopic (exact) mass is 190 g/mol. The SMILES string of the molecule is Cc1cccc(C2CN(C)CC2N)c1. The van der Waals surface area contributed by atoms with Crippen LogP contribution < -0.4 is 5.73 Å². The molecular formula is C12H18N2. The molecule has 2 N–H and O–H groups in total. The lowest BCUT2D eigenvalue weighted by atomic mass is 9.94. The molecule has 2 unspecified atom stereocenters. The molecule has 2 heteroatoms. The molecule has 76 valence electrons. The molecule has 14 heavy (non-hydrogen) atoms. The highest BCUT2D eigenvalue weighted by Gasteiger charge is 2.28. The number of likely N-dealkylation sites (tertiary alicyclic amines) is 1. The molecule has 0 amide bonds. The fraction of sp³-hybridized carbons (Fsp3) is 0.500. The predicted octanol–water partition coefficient (Wildman–Crippen LogP) is 1.35. The van der Waals surface area contributed by atoms with E-state index in [2.05, 4.69) is 43.1 Å². The van der Waals surface area contributed by atoms with Crippen molar-refractivity contribution in [2.45, 2.75) is 18.9 Å². The number of rotatable bonds is 1. The van der Waals surface area contributed by atoms with Gasteiger partial charge in [-0.1, -0.05) is 29.8 Å². The van der Waals surface area contributed by atoms with Crippen LogP contribution >= 0.6 is 0 Å². The van der Waals surface area contributed by atoms with Crippen molar-refractivity contribution in [3.05, 3.63) is 35.4 Å². The molecule has 0 aromatic heterocycles. The van der Waals surface area contributed by atoms with Gasteiger partial charge in [0.1, 0.15) is 0 Å². The van der Waals surface area contributed by atoms with Crippen molar-refractivity contribution in [1.82, 2.24) is 4.90 Å². The number of aryl methyl sites for hydroxylation is 1. The van der Waals surface area contributed by atoms with Crippen LogP contribution in [0.15, 0.2) is 24.3 Å². The summed E-state index contributed by atoms with van der Waals surface area (Å²) in [5.41, 5.74) is 8.82. The van der Waals surface area contributed by atoms with Crippen LogP contribution in [-0.4, -0.2) is 31.1 Å². The Hall–Kier alpha value is -0.860. The lowest BCUT2D eigenvalue weighted by Gasteiger charge is -2.14. The summed E-state index contributed by atoms with van der Waals surface area (Å²) in [6.45, 7) is 4.23. The Morgan fingerprint density at radius 3 is 2.71 bits per heavy atom. The predicted molar refractivity (Wildman–Crippen MR) is 59.4 cm³/mol. The lowest BCUT2D eigenvalue weighted by molar-refractivity contribution is 0.407. The van der Waals surface area contributed by atoms with Gasteiger partial charge in [0.15, 0.2) is 0 Å². The second kappa shape index (κ2) is 3.71. The molecule has 1 aliphatic rings. The molecule has 0 radical (unpaired) electrons. The Labute approximate surface area is 85.7 Å². The van der Waals surface area contributed by atoms with E-state index in [9.17, 15) is 0 Å². The number of benzene rings is 1. The number of nitrogens with two attached hydrogens (primary N) is 1. The van der Waals surface area contributed by atoms with Crippen molar-refractivity contribution in [3.8, 4) is 0 Å². The number of nitrogens with zero attached hydrogens (tertiary/aromatic N) is 1. The van der Waals surface area contributed by atoms with Gasteiger partial charge in [-0.15, -0.1) is 0 Å². The minimum Gasteiger partial charge on any atom is -0.326 e. The molecule has 2 rings (SSSR count). The molecule has 0 saturated carbocycles. The van der Waals surface area contributed by atoms with E-state index in [1.54, 1.807) is 0 Å². The van der Waals surface area contributed by atoms with Crippen LogP contribution in [0.4, 0.5) is 0 Å². The van der Waals surface area contributed by atoms with Crippen molar-refractivity contribution >= 4 is 0 Å². The molecule has 2 nitrogen and oxygen atoms in total. The van der Waals surface area contributed by atoms with E-state index in [-0.39, 0.29) is 0 Å². The molecule has 1 heterocycles. The van der Waals surface area contributed by atoms with Crippen molar-refractivity contribution in [1.29, 1.82) is 0 Å². The third kappa shape index (κ3) is 1.81. The lowest BCUT2D eigenvalue weighted by Crippen LogP contribution is -2.27. The van der Waals surface area contributed by atoms with Gasteiger partial charge in [-0.25, -0.2) is 0 Å². The normalized spacial score (nSPS) is 28.2. The second-order valence-corrected chi connectivity index (χ2v) is 4.41. The minimum atomic E-state index is 0.293. The van der Waals surface area contributed by atoms with Gasteiger partial charge in [-0.2, -0.15) is 0 Å². The zero-order chi connectivity index (χ0) is 10.1. The third-order valence-corrected chi connectivity index (χ3v) is 3.02. The van der Waals surface area contributed by atoms with E-state index < -0.39 is 0 Å². The highest BCUT2D eigenvalue weighted by atomic mass is 15.1. The molecule has 1 aromatic rings. The van der Waals surface area contributed by atoms with Crippen LogP contribution in [0.5, 0.6) is 0 Å². The Morgan fingerprint density at radius 2 is 2.14 bits per heavy atom. The maximum Gasteiger partial charge on any atom is 0.0249 e. The first-order chi connectivity index (χ1) is 6.66. The fourth-order valence-electron chi connectivity index (χ4n) is 2.29. The average molecular weight is 190 g/mol. The zero-order valence-electron chi connectivity index (χ0n) is 8.90. The summed E-state index contributed by atoms with van der Waals surface area (Å²) < 4.78 is 0. The topological polar surface area (TPSA) is 29.3 Å². The van der Waals surface area contributed by atoms with E-state index in [1.165, 1.54) is 11.1 Å². The number of hydrogen-bond acceptors (Lipinski definition) is 2. The summed E-state index contributed by atoms with van der Waals surface area (Å²) in [7, 11) is 2.13. The maximum absolute atomic E-state index is 6.11. The Morgan fingerprint density at radius 1 is 1.36 bits per heavy atom. The smallest absolute Gasteiger partial charge is 0.0249 e. The zero-order valence-corrected chi connectivity index (χ0v) is 8.90. The maximum atomic E-state index is 6.11. The van der Waals surface area contributed by atoms with Crippen LogP contribution in [0.3, 0.4) is 0 Å². The Bertz CT molecular complexity index is 322. The molecule has 0 bridgehead atoms. The Kier molecular flexibility index (Phi) is 2.57. The standard InChI is InChI=1S/C12H18N2/c1-9-4-3-5-10(6-9)11-7-14(2)8-12(11)13/h3-6,11-12H,7-8,13H2,1-2H3. The summed E-state index contributed by atoms with van der Waals surface area (Å²) in [5.74, 6) is 0.514. The molecular weight excluding hydrogens is 172 g/mol. The molecule has 0 spiro atoms. The van der Waals surface area contributed by atoms with Crippen LogP contribution in [0, 0.1) is 6.92 Å². The summed E-state index contributed by atoms with van der Waals surface area (Å²) in [6, 6.07) is 8.99. The number of likely N-dealkylation sites (N-methyl/N-ethyl adjacent to an activating group) is 1. The molecule has 0 aliphatic carbocycles. The summed E-state index contributed by atoms with van der Waals surface area (Å²) in [6.07, 6.45) is 0. The van der Waals surface area contributed by atoms with Crippen LogP contribution in [0.2, 0.25) is 0 Å². The third-order valence-electron chi connectivity index (χ3n) is 3.02. The van der Waals surface area contributed by atoms with Crippen LogP contribution in [-0.2, 0) is 0 Å². The highest BCUT2D eigenvalue weighted by molar-refractivity contribution is 5.28. The van der Waals surface area contributed by atoms with Gasteiger partial charge in [-0.05, 0) is 19.5 Å². The van der Waals surface area contributed by atoms with Crippen LogP contribution in [0.25, 0.3) is 0 Å². The van der Waals surface area contributed by atoms with Gasteiger partial charge in [0.25, 0.3) is 0 Å². The van der Waals surface area contributed by atoms with Crippen molar-refractivity contribution in [2.24, 2.45) is 5.73 Å². The molecule has 1 aromatic carbocycles. The van der Waals surface area contributed by atoms with E-state index in [0.29, 0.717) is 12.0 Å². The van der Waals surface area contributed by atoms with Crippen molar-refractivity contribution in [2.75, 3.05) is 20.1 Å². The molecule has 2 atom stereocenters. The first-order valence-corrected chi connectivity index (χ1v) is 5.17. The van der Waals surface area contributed by atoms with Gasteiger partial charge >= 0.3 is 0 Å². The fourth-order valence-corrected chi connectivity index (χ4v) is 2.29. The van der Waals surface area contributed by atoms with E-state index in [1.807, 2.05) is 0 Å². The van der Waals surface area contributed by atoms with Crippen LogP contribution in [0.1, 0.15) is 17.0 Å². The van der Waals surface area contributed by atoms with E-state index in [4.69, 9.17) is 5.73 Å². The summed E-state index contributed by atoms with van der Waals surface area (Å²) in [5, 5.41) is 0. The van der Waals surface area contributed by atoms with Gasteiger partial charge < -0.3 is 10.6 Å². The van der Waals surface area contributed by atoms with Crippen molar-refractivity contribution < 1.29 is 0 Å². The van der Waals surface area contributed by atoms with Crippen molar-refractivity contribution in [3.63, 3.8) is 0 Å².